The van der Waals surface area contributed by atoms with Crippen LogP contribution in [-0.2, 0) is 32.7 Å². The fourth-order valence-electron chi connectivity index (χ4n) is 5.07. The van der Waals surface area contributed by atoms with Gasteiger partial charge in [-0.15, -0.1) is 0 Å². The molecule has 2 fully saturated rings. The lowest BCUT2D eigenvalue weighted by Gasteiger charge is -2.35. The Morgan fingerprint density at radius 3 is 2.65 bits per heavy atom. The summed E-state index contributed by atoms with van der Waals surface area (Å²) in [5.74, 6) is -0.790. The third kappa shape index (κ3) is 2.88. The molecule has 0 radical (unpaired) electrons. The molecule has 5 atom stereocenters. The van der Waals surface area contributed by atoms with Crippen LogP contribution >= 0.6 is 11.6 Å². The number of aryl methyl sites for hydroxylation is 2. The van der Waals surface area contributed by atoms with E-state index in [4.69, 9.17) is 25.8 Å². The second-order valence-corrected chi connectivity index (χ2v) is 9.63. The molecule has 1 N–H and O–H groups in total. The average molecular weight is 442 g/mol. The lowest BCUT2D eigenvalue weighted by atomic mass is 9.81. The zero-order valence-corrected chi connectivity index (χ0v) is 18.3. The first kappa shape index (κ1) is 19.6. The van der Waals surface area contributed by atoms with Crippen LogP contribution in [0.5, 0.6) is 0 Å². The number of hydrogen-bond donors (Lipinski definition) is 1. The van der Waals surface area contributed by atoms with Crippen molar-refractivity contribution in [3.63, 3.8) is 0 Å². The molecule has 0 spiro atoms. The number of nitrogens with zero attached hydrogens (tertiary/aromatic N) is 3. The van der Waals surface area contributed by atoms with E-state index in [1.165, 1.54) is 17.5 Å². The van der Waals surface area contributed by atoms with Gasteiger partial charge in [0.2, 0.25) is 0 Å². The fourth-order valence-corrected chi connectivity index (χ4v) is 5.26. The molecular formula is C23H24ClN3O4. The van der Waals surface area contributed by atoms with Gasteiger partial charge >= 0.3 is 0 Å². The number of ether oxygens (including phenoxy) is 3. The molecule has 2 saturated heterocycles. The first-order valence-corrected chi connectivity index (χ1v) is 11.0. The monoisotopic (exact) mass is 441 g/mol. The van der Waals surface area contributed by atoms with E-state index in [1.54, 1.807) is 6.92 Å². The van der Waals surface area contributed by atoms with Crippen LogP contribution in [0.15, 0.2) is 36.8 Å². The Balaban J connectivity index is 1.42. The summed E-state index contributed by atoms with van der Waals surface area (Å²) in [4.78, 5) is 8.46. The van der Waals surface area contributed by atoms with Crippen molar-refractivity contribution < 1.29 is 19.3 Å². The maximum absolute atomic E-state index is 11.7. The van der Waals surface area contributed by atoms with Gasteiger partial charge in [-0.1, -0.05) is 29.8 Å². The number of hydrogen-bond acceptors (Lipinski definition) is 6. The molecular weight excluding hydrogens is 418 g/mol. The normalized spacial score (nSPS) is 30.6. The van der Waals surface area contributed by atoms with Crippen molar-refractivity contribution in [2.24, 2.45) is 0 Å². The third-order valence-electron chi connectivity index (χ3n) is 6.77. The molecule has 2 aliphatic heterocycles. The number of aromatic nitrogens is 3. The number of benzene rings is 1. The molecule has 31 heavy (non-hydrogen) atoms. The van der Waals surface area contributed by atoms with E-state index in [0.717, 1.165) is 23.8 Å². The number of aliphatic hydroxyl groups is 1. The summed E-state index contributed by atoms with van der Waals surface area (Å²) in [6.45, 7) is 5.55. The average Bonchev–Trinajstić information content (AvgIpc) is 3.34. The van der Waals surface area contributed by atoms with Gasteiger partial charge in [-0.2, -0.15) is 0 Å². The maximum Gasteiger partial charge on any atom is 0.164 e. The van der Waals surface area contributed by atoms with Crippen LogP contribution in [0.3, 0.4) is 0 Å². The van der Waals surface area contributed by atoms with E-state index in [2.05, 4.69) is 22.1 Å². The first-order valence-electron chi connectivity index (χ1n) is 10.6. The highest BCUT2D eigenvalue weighted by atomic mass is 35.5. The predicted molar refractivity (Wildman–Crippen MR) is 114 cm³/mol. The van der Waals surface area contributed by atoms with E-state index in [9.17, 15) is 5.11 Å². The highest BCUT2D eigenvalue weighted by Crippen LogP contribution is 2.49. The lowest BCUT2D eigenvalue weighted by molar-refractivity contribution is -0.221. The summed E-state index contributed by atoms with van der Waals surface area (Å²) in [7, 11) is 0. The standard InChI is InChI=1S/C23H24ClN3O4/c1-22(2)30-16-17(31-22)21(27-9-8-15-19(24)25-11-26-20(15)27)29-18(16)23(3,28)14-7-6-12-4-5-13(12)10-14/h6-11,16-18,21,28H,4-5H2,1-3H3/t16-,17+,18-,21+,23?/m0/s1. The largest absolute Gasteiger partial charge is 0.383 e. The Kier molecular flexibility index (Phi) is 4.11. The van der Waals surface area contributed by atoms with Crippen LogP contribution in [0.2, 0.25) is 5.15 Å². The number of fused-ring (bicyclic) bond motifs is 3. The zero-order valence-electron chi connectivity index (χ0n) is 17.6. The van der Waals surface area contributed by atoms with Gasteiger partial charge in [-0.3, -0.25) is 0 Å². The minimum atomic E-state index is -1.26. The first-order chi connectivity index (χ1) is 14.7. The molecule has 1 unspecified atom stereocenters. The van der Waals surface area contributed by atoms with Crippen LogP contribution in [0.1, 0.15) is 43.7 Å². The van der Waals surface area contributed by atoms with E-state index >= 15 is 0 Å². The summed E-state index contributed by atoms with van der Waals surface area (Å²) in [5, 5.41) is 12.8. The highest BCUT2D eigenvalue weighted by Gasteiger charge is 2.60. The molecule has 162 valence electrons. The summed E-state index contributed by atoms with van der Waals surface area (Å²) in [6, 6.07) is 8.03. The van der Waals surface area contributed by atoms with Crippen molar-refractivity contribution in [2.45, 2.75) is 69.5 Å². The Labute approximate surface area is 184 Å². The summed E-state index contributed by atoms with van der Waals surface area (Å²) < 4.78 is 20.9. The van der Waals surface area contributed by atoms with Gasteiger partial charge in [0.05, 0.1) is 5.39 Å². The van der Waals surface area contributed by atoms with E-state index < -0.39 is 35.9 Å². The minimum absolute atomic E-state index is 0.382. The molecule has 6 rings (SSSR count). The molecule has 0 bridgehead atoms. The van der Waals surface area contributed by atoms with Crippen LogP contribution < -0.4 is 0 Å². The van der Waals surface area contributed by atoms with E-state index in [0.29, 0.717) is 10.8 Å². The molecule has 3 aliphatic rings. The summed E-state index contributed by atoms with van der Waals surface area (Å²) in [5.41, 5.74) is 2.85. The maximum atomic E-state index is 11.7. The Morgan fingerprint density at radius 1 is 1.13 bits per heavy atom. The lowest BCUT2D eigenvalue weighted by Crippen LogP contribution is -2.45. The van der Waals surface area contributed by atoms with E-state index in [1.807, 2.05) is 36.7 Å². The van der Waals surface area contributed by atoms with Crippen LogP contribution in [0.4, 0.5) is 0 Å². The number of halogens is 1. The Morgan fingerprint density at radius 2 is 1.90 bits per heavy atom. The van der Waals surface area contributed by atoms with Crippen molar-refractivity contribution in [1.82, 2.24) is 14.5 Å². The van der Waals surface area contributed by atoms with Crippen LogP contribution in [0, 0.1) is 0 Å². The quantitative estimate of drug-likeness (QED) is 0.627. The smallest absolute Gasteiger partial charge is 0.164 e. The van der Waals surface area contributed by atoms with E-state index in [-0.39, 0.29) is 0 Å². The van der Waals surface area contributed by atoms with Gasteiger partial charge in [0.1, 0.15) is 41.0 Å². The van der Waals surface area contributed by atoms with Crippen molar-refractivity contribution in [1.29, 1.82) is 0 Å². The summed E-state index contributed by atoms with van der Waals surface area (Å²) in [6.07, 6.45) is 3.42. The van der Waals surface area contributed by atoms with Crippen molar-refractivity contribution in [3.05, 3.63) is 58.6 Å². The molecule has 8 heteroatoms. The van der Waals surface area contributed by atoms with Gasteiger partial charge in [0.15, 0.2) is 12.0 Å². The Bertz CT molecular complexity index is 1190. The number of rotatable bonds is 3. The molecule has 0 saturated carbocycles. The molecule has 3 aromatic rings. The second-order valence-electron chi connectivity index (χ2n) is 9.27. The van der Waals surface area contributed by atoms with Gasteiger partial charge in [-0.05, 0) is 56.4 Å². The topological polar surface area (TPSA) is 78.6 Å². The zero-order chi connectivity index (χ0) is 21.5. The van der Waals surface area contributed by atoms with Crippen molar-refractivity contribution >= 4 is 22.6 Å². The molecule has 1 aromatic carbocycles. The van der Waals surface area contributed by atoms with Crippen LogP contribution in [0.25, 0.3) is 11.0 Å². The SMILES string of the molecule is CC1(C)O[C@@H]2[C@H](O1)[C@@H](C(C)(O)c1ccc3c(c1)CC3)O[C@H]2n1ccc2c(Cl)ncnc21. The fraction of sp³-hybridized carbons (Fsp3) is 0.478. The van der Waals surface area contributed by atoms with Gasteiger partial charge < -0.3 is 23.9 Å². The Hall–Kier alpha value is -2.03. The van der Waals surface area contributed by atoms with Gasteiger partial charge in [-0.25, -0.2) is 9.97 Å². The van der Waals surface area contributed by atoms with Crippen molar-refractivity contribution in [3.8, 4) is 0 Å². The molecule has 2 aromatic heterocycles. The highest BCUT2D eigenvalue weighted by molar-refractivity contribution is 6.33. The van der Waals surface area contributed by atoms with Gasteiger partial charge in [0, 0.05) is 6.20 Å². The molecule has 4 heterocycles. The molecule has 1 aliphatic carbocycles. The summed E-state index contributed by atoms with van der Waals surface area (Å²) >= 11 is 6.25. The second kappa shape index (κ2) is 6.49. The third-order valence-corrected chi connectivity index (χ3v) is 7.07. The molecule has 7 nitrogen and oxygen atoms in total. The molecule has 0 amide bonds. The van der Waals surface area contributed by atoms with Crippen LogP contribution in [-0.4, -0.2) is 43.7 Å². The van der Waals surface area contributed by atoms with Crippen molar-refractivity contribution in [2.75, 3.05) is 0 Å². The van der Waals surface area contributed by atoms with Gasteiger partial charge in [0.25, 0.3) is 0 Å². The minimum Gasteiger partial charge on any atom is -0.383 e. The predicted octanol–water partition coefficient (Wildman–Crippen LogP) is 3.51.